The summed E-state index contributed by atoms with van der Waals surface area (Å²) in [5.74, 6) is -1.84. The minimum absolute atomic E-state index is 0.0343. The van der Waals surface area contributed by atoms with Gasteiger partial charge in [0, 0.05) is 11.3 Å². The highest BCUT2D eigenvalue weighted by molar-refractivity contribution is 8.00. The number of hydrogen-bond donors (Lipinski definition) is 2. The van der Waals surface area contributed by atoms with E-state index in [1.165, 1.54) is 16.7 Å². The molecule has 0 unspecified atom stereocenters. The first-order valence-corrected chi connectivity index (χ1v) is 8.82. The van der Waals surface area contributed by atoms with Crippen molar-refractivity contribution in [2.45, 2.75) is 24.4 Å². The fourth-order valence-electron chi connectivity index (χ4n) is 2.98. The number of carbonyl (C=O) groups is 4. The van der Waals surface area contributed by atoms with Crippen LogP contribution in [-0.2, 0) is 23.9 Å². The van der Waals surface area contributed by atoms with E-state index in [0.29, 0.717) is 16.9 Å². The fraction of sp³-hybridized carbons (Fsp3) is 0.294. The Balaban J connectivity index is 1.76. The van der Waals surface area contributed by atoms with Crippen LogP contribution in [0.15, 0.2) is 41.6 Å². The van der Waals surface area contributed by atoms with E-state index >= 15 is 0 Å². The van der Waals surface area contributed by atoms with Gasteiger partial charge in [0.05, 0.1) is 0 Å². The minimum atomic E-state index is -1.18. The number of benzene rings is 1. The van der Waals surface area contributed by atoms with E-state index in [1.54, 1.807) is 37.3 Å². The summed E-state index contributed by atoms with van der Waals surface area (Å²) in [5, 5.41) is 11.4. The molecule has 2 heterocycles. The number of carboxylic acid groups (broad SMARTS) is 1. The molecular weight excluding hydrogens is 360 g/mol. The van der Waals surface area contributed by atoms with E-state index in [-0.39, 0.29) is 12.2 Å². The Labute approximate surface area is 153 Å². The van der Waals surface area contributed by atoms with Gasteiger partial charge < -0.3 is 15.2 Å². The van der Waals surface area contributed by atoms with Crippen LogP contribution in [0.2, 0.25) is 0 Å². The van der Waals surface area contributed by atoms with Gasteiger partial charge in [0.1, 0.15) is 17.1 Å². The summed E-state index contributed by atoms with van der Waals surface area (Å²) >= 11 is 1.38. The first-order valence-electron chi connectivity index (χ1n) is 7.78. The number of fused-ring (bicyclic) bond motifs is 1. The molecule has 1 aromatic rings. The zero-order valence-corrected chi connectivity index (χ0v) is 14.6. The van der Waals surface area contributed by atoms with Gasteiger partial charge in [-0.1, -0.05) is 30.3 Å². The Morgan fingerprint density at radius 1 is 1.38 bits per heavy atom. The monoisotopic (exact) mass is 376 g/mol. The van der Waals surface area contributed by atoms with Gasteiger partial charge in [0.15, 0.2) is 0 Å². The number of carboxylic acids is 1. The van der Waals surface area contributed by atoms with Crippen molar-refractivity contribution in [1.82, 2.24) is 10.2 Å². The molecule has 8 nitrogen and oxygen atoms in total. The molecule has 26 heavy (non-hydrogen) atoms. The lowest BCUT2D eigenvalue weighted by Gasteiger charge is -2.49. The maximum atomic E-state index is 12.5. The number of amides is 2. The van der Waals surface area contributed by atoms with Gasteiger partial charge in [-0.3, -0.25) is 19.3 Å². The third kappa shape index (κ3) is 3.05. The Morgan fingerprint density at radius 3 is 2.69 bits per heavy atom. The van der Waals surface area contributed by atoms with Crippen LogP contribution in [0.1, 0.15) is 18.6 Å². The molecule has 3 atom stereocenters. The van der Waals surface area contributed by atoms with Crippen molar-refractivity contribution >= 4 is 36.0 Å². The standard InChI is InChI=1S/C17H16N2O6S/c1-9-7-26-16-11(15(22)19(16)12(9)17(23)24)18-14(21)13(25-8-20)10-5-3-2-4-6-10/h2-6,8,11,13,16H,7H2,1H3,(H,18,21)(H,23,24)/t11-,13-,16-/m1/s1. The Hall–Kier alpha value is -2.81. The van der Waals surface area contributed by atoms with Crippen LogP contribution in [0, 0.1) is 0 Å². The molecule has 0 radical (unpaired) electrons. The first-order chi connectivity index (χ1) is 12.5. The molecule has 0 aliphatic carbocycles. The van der Waals surface area contributed by atoms with Crippen LogP contribution in [-0.4, -0.2) is 51.4 Å². The molecule has 1 fully saturated rings. The van der Waals surface area contributed by atoms with E-state index in [2.05, 4.69) is 5.32 Å². The zero-order valence-electron chi connectivity index (χ0n) is 13.7. The van der Waals surface area contributed by atoms with E-state index < -0.39 is 35.3 Å². The molecule has 1 aromatic carbocycles. The lowest BCUT2D eigenvalue weighted by Crippen LogP contribution is -2.70. The topological polar surface area (TPSA) is 113 Å². The van der Waals surface area contributed by atoms with Crippen LogP contribution in [0.5, 0.6) is 0 Å². The molecule has 2 aliphatic rings. The van der Waals surface area contributed by atoms with Crippen molar-refractivity contribution in [3.05, 3.63) is 47.2 Å². The van der Waals surface area contributed by atoms with Gasteiger partial charge in [0.2, 0.25) is 6.10 Å². The molecule has 2 N–H and O–H groups in total. The van der Waals surface area contributed by atoms with Crippen LogP contribution >= 0.6 is 11.8 Å². The van der Waals surface area contributed by atoms with Crippen molar-refractivity contribution < 1.29 is 29.0 Å². The van der Waals surface area contributed by atoms with Gasteiger partial charge in [-0.25, -0.2) is 4.79 Å². The third-order valence-corrected chi connectivity index (χ3v) is 5.62. The van der Waals surface area contributed by atoms with Crippen molar-refractivity contribution in [2.75, 3.05) is 5.75 Å². The number of aliphatic carboxylic acids is 1. The van der Waals surface area contributed by atoms with Crippen molar-refractivity contribution in [2.24, 2.45) is 0 Å². The molecule has 0 saturated carbocycles. The maximum absolute atomic E-state index is 12.5. The minimum Gasteiger partial charge on any atom is -0.477 e. The molecule has 2 aliphatic heterocycles. The Kier molecular flexibility index (Phi) is 4.99. The summed E-state index contributed by atoms with van der Waals surface area (Å²) in [6, 6.07) is 7.55. The number of nitrogens with zero attached hydrogens (tertiary/aromatic N) is 1. The second-order valence-electron chi connectivity index (χ2n) is 5.85. The van der Waals surface area contributed by atoms with E-state index in [9.17, 15) is 24.3 Å². The second-order valence-corrected chi connectivity index (χ2v) is 6.96. The number of carbonyl (C=O) groups excluding carboxylic acids is 3. The van der Waals surface area contributed by atoms with Crippen molar-refractivity contribution in [3.8, 4) is 0 Å². The zero-order chi connectivity index (χ0) is 18.8. The maximum Gasteiger partial charge on any atom is 0.352 e. The van der Waals surface area contributed by atoms with Crippen molar-refractivity contribution in [3.63, 3.8) is 0 Å². The van der Waals surface area contributed by atoms with Crippen LogP contribution in [0.25, 0.3) is 0 Å². The average molecular weight is 376 g/mol. The molecular formula is C17H16N2O6S. The summed E-state index contributed by atoms with van der Waals surface area (Å²) in [7, 11) is 0. The highest BCUT2D eigenvalue weighted by Crippen LogP contribution is 2.40. The largest absolute Gasteiger partial charge is 0.477 e. The molecule has 2 amide bonds. The van der Waals surface area contributed by atoms with Gasteiger partial charge in [-0.15, -0.1) is 11.8 Å². The summed E-state index contributed by atoms with van der Waals surface area (Å²) in [5.41, 5.74) is 1.04. The third-order valence-electron chi connectivity index (χ3n) is 4.19. The van der Waals surface area contributed by atoms with E-state index in [1.807, 2.05) is 0 Å². The number of hydrogen-bond acceptors (Lipinski definition) is 6. The van der Waals surface area contributed by atoms with Crippen LogP contribution < -0.4 is 5.32 Å². The molecule has 9 heteroatoms. The molecule has 0 bridgehead atoms. The quantitative estimate of drug-likeness (QED) is 0.554. The van der Waals surface area contributed by atoms with Gasteiger partial charge >= 0.3 is 5.97 Å². The molecule has 136 valence electrons. The molecule has 0 aromatic heterocycles. The summed E-state index contributed by atoms with van der Waals surface area (Å²) < 4.78 is 4.88. The van der Waals surface area contributed by atoms with E-state index in [4.69, 9.17) is 4.74 Å². The van der Waals surface area contributed by atoms with Crippen molar-refractivity contribution in [1.29, 1.82) is 0 Å². The highest BCUT2D eigenvalue weighted by Gasteiger charge is 2.54. The number of rotatable bonds is 6. The van der Waals surface area contributed by atoms with E-state index in [0.717, 1.165) is 0 Å². The number of β-lactam (4-membered cyclic amide) rings is 1. The lowest BCUT2D eigenvalue weighted by molar-refractivity contribution is -0.154. The van der Waals surface area contributed by atoms with Gasteiger partial charge in [-0.05, 0) is 12.5 Å². The lowest BCUT2D eigenvalue weighted by atomic mass is 10.0. The SMILES string of the molecule is CC1=C(C(=O)O)N2C(=O)[C@@H](NC(=O)[C@H](OC=O)c3ccccc3)[C@H]2SC1. The predicted octanol–water partition coefficient (Wildman–Crippen LogP) is 0.659. The average Bonchev–Trinajstić information content (AvgIpc) is 2.64. The Bertz CT molecular complexity index is 794. The van der Waals surface area contributed by atoms with Crippen LogP contribution in [0.4, 0.5) is 0 Å². The molecule has 0 spiro atoms. The first kappa shape index (κ1) is 18.0. The number of ether oxygens (including phenoxy) is 1. The summed E-state index contributed by atoms with van der Waals surface area (Å²) in [6.07, 6.45) is -1.18. The summed E-state index contributed by atoms with van der Waals surface area (Å²) in [6.45, 7) is 1.84. The van der Waals surface area contributed by atoms with Gasteiger partial charge in [-0.2, -0.15) is 0 Å². The predicted molar refractivity (Wildman–Crippen MR) is 91.7 cm³/mol. The highest BCUT2D eigenvalue weighted by atomic mass is 32.2. The molecule has 1 saturated heterocycles. The number of thioether (sulfide) groups is 1. The second kappa shape index (κ2) is 7.20. The molecule has 3 rings (SSSR count). The van der Waals surface area contributed by atoms with Gasteiger partial charge in [0.25, 0.3) is 18.3 Å². The van der Waals surface area contributed by atoms with Crippen LogP contribution in [0.3, 0.4) is 0 Å². The smallest absolute Gasteiger partial charge is 0.352 e. The summed E-state index contributed by atoms with van der Waals surface area (Å²) in [4.78, 5) is 48.3. The normalized spacial score (nSPS) is 22.8. The number of nitrogens with one attached hydrogen (secondary N) is 1. The Morgan fingerprint density at radius 2 is 2.08 bits per heavy atom. The fourth-order valence-corrected chi connectivity index (χ4v) is 4.27.